The van der Waals surface area contributed by atoms with Gasteiger partial charge in [-0.1, -0.05) is 6.42 Å². The van der Waals surface area contributed by atoms with Crippen LogP contribution in [0.25, 0.3) is 0 Å². The Morgan fingerprint density at radius 2 is 2.20 bits per heavy atom. The third-order valence-corrected chi connectivity index (χ3v) is 4.94. The Labute approximate surface area is 118 Å². The van der Waals surface area contributed by atoms with E-state index < -0.39 is 0 Å². The lowest BCUT2D eigenvalue weighted by molar-refractivity contribution is -0.0992. The van der Waals surface area contributed by atoms with Crippen molar-refractivity contribution >= 4 is 11.5 Å². The van der Waals surface area contributed by atoms with Gasteiger partial charge in [-0.15, -0.1) is 0 Å². The van der Waals surface area contributed by atoms with E-state index in [0.717, 1.165) is 12.8 Å². The molecular weight excluding hydrogens is 255 g/mol. The van der Waals surface area contributed by atoms with Crippen LogP contribution in [0.1, 0.15) is 37.7 Å². The summed E-state index contributed by atoms with van der Waals surface area (Å²) < 4.78 is 13.4. The average Bonchev–Trinajstić information content (AvgIpc) is 2.36. The van der Waals surface area contributed by atoms with Gasteiger partial charge in [0, 0.05) is 18.2 Å². The normalized spacial score (nSPS) is 21.6. The van der Waals surface area contributed by atoms with Gasteiger partial charge in [-0.25, -0.2) is 4.98 Å². The number of alkyl halides is 1. The number of anilines is 2. The minimum Gasteiger partial charge on any atom is -0.383 e. The number of nitrogens with zero attached hydrogens (tertiary/aromatic N) is 2. The van der Waals surface area contributed by atoms with Crippen LogP contribution in [0.3, 0.4) is 0 Å². The fraction of sp³-hybridized carbons (Fsp3) is 0.600. The van der Waals surface area contributed by atoms with Gasteiger partial charge >= 0.3 is 0 Å². The second-order valence-electron chi connectivity index (χ2n) is 6.42. The molecule has 2 fully saturated rings. The third kappa shape index (κ3) is 2.00. The van der Waals surface area contributed by atoms with Crippen LogP contribution < -0.4 is 11.1 Å². The maximum atomic E-state index is 13.4. The highest BCUT2D eigenvalue weighted by atomic mass is 19.1. The number of nitrogens with two attached hydrogens (primary N) is 1. The van der Waals surface area contributed by atoms with Gasteiger partial charge in [0.25, 0.3) is 0 Å². The molecule has 2 saturated carbocycles. The third-order valence-electron chi connectivity index (χ3n) is 4.94. The summed E-state index contributed by atoms with van der Waals surface area (Å²) >= 11 is 0. The molecule has 0 aromatic carbocycles. The first kappa shape index (κ1) is 13.2. The summed E-state index contributed by atoms with van der Waals surface area (Å²) in [4.78, 5) is 3.90. The van der Waals surface area contributed by atoms with E-state index in [-0.39, 0.29) is 17.9 Å². The number of nitriles is 1. The first-order valence-electron chi connectivity index (χ1n) is 7.07. The molecular formula is C15H19FN4. The lowest BCUT2D eigenvalue weighted by Crippen LogP contribution is -2.54. The van der Waals surface area contributed by atoms with E-state index in [1.54, 1.807) is 12.3 Å². The van der Waals surface area contributed by atoms with Gasteiger partial charge in [-0.05, 0) is 37.2 Å². The van der Waals surface area contributed by atoms with Crippen molar-refractivity contribution in [3.05, 3.63) is 17.8 Å². The molecule has 3 rings (SSSR count). The maximum absolute atomic E-state index is 13.4. The van der Waals surface area contributed by atoms with Gasteiger partial charge in [-0.3, -0.25) is 4.39 Å². The number of hydrogen-bond acceptors (Lipinski definition) is 4. The van der Waals surface area contributed by atoms with E-state index in [9.17, 15) is 4.39 Å². The standard InChI is InChI=1S/C15H19FN4/c16-9-15(7-14(8-15)3-1-4-14)10-20-12-2-5-19-13(18)11(12)6-17/h2,5H,1,3-4,7-10H2,(H3,18,19,20). The molecule has 0 saturated heterocycles. The van der Waals surface area contributed by atoms with E-state index in [4.69, 9.17) is 11.0 Å². The zero-order valence-electron chi connectivity index (χ0n) is 11.5. The number of nitrogen functional groups attached to an aromatic ring is 1. The molecule has 1 heterocycles. The molecule has 0 amide bonds. The summed E-state index contributed by atoms with van der Waals surface area (Å²) in [5, 5.41) is 12.3. The highest BCUT2D eigenvalue weighted by Crippen LogP contribution is 2.64. The topological polar surface area (TPSA) is 74.7 Å². The van der Waals surface area contributed by atoms with E-state index in [1.807, 2.05) is 6.07 Å². The largest absolute Gasteiger partial charge is 0.383 e. The average molecular weight is 274 g/mol. The van der Waals surface area contributed by atoms with Crippen molar-refractivity contribution in [3.8, 4) is 6.07 Å². The van der Waals surface area contributed by atoms with Gasteiger partial charge < -0.3 is 11.1 Å². The monoisotopic (exact) mass is 274 g/mol. The molecule has 0 aliphatic heterocycles. The fourth-order valence-corrected chi connectivity index (χ4v) is 3.86. The van der Waals surface area contributed by atoms with Gasteiger partial charge in [0.1, 0.15) is 17.5 Å². The lowest BCUT2D eigenvalue weighted by Gasteiger charge is -2.60. The summed E-state index contributed by atoms with van der Waals surface area (Å²) in [5.41, 5.74) is 6.85. The van der Waals surface area contributed by atoms with Gasteiger partial charge in [0.05, 0.1) is 12.4 Å². The molecule has 0 unspecified atom stereocenters. The van der Waals surface area contributed by atoms with Crippen molar-refractivity contribution in [2.24, 2.45) is 10.8 Å². The molecule has 3 N–H and O–H groups in total. The lowest BCUT2D eigenvalue weighted by atomic mass is 9.45. The van der Waals surface area contributed by atoms with Crippen LogP contribution in [0.15, 0.2) is 12.3 Å². The molecule has 106 valence electrons. The predicted molar refractivity (Wildman–Crippen MR) is 75.8 cm³/mol. The highest BCUT2D eigenvalue weighted by Gasteiger charge is 2.56. The van der Waals surface area contributed by atoms with Crippen LogP contribution in [-0.2, 0) is 0 Å². The number of nitrogens with one attached hydrogen (secondary N) is 1. The van der Waals surface area contributed by atoms with Crippen LogP contribution in [0, 0.1) is 22.2 Å². The molecule has 2 aliphatic rings. The molecule has 2 aliphatic carbocycles. The smallest absolute Gasteiger partial charge is 0.143 e. The first-order valence-corrected chi connectivity index (χ1v) is 7.07. The SMILES string of the molecule is N#Cc1c(NCC2(CF)CC3(CCC3)C2)ccnc1N. The molecule has 1 aromatic rings. The van der Waals surface area contributed by atoms with Crippen LogP contribution in [0.4, 0.5) is 15.9 Å². The second-order valence-corrected chi connectivity index (χ2v) is 6.42. The molecule has 1 spiro atoms. The van der Waals surface area contributed by atoms with Crippen LogP contribution in [0.5, 0.6) is 0 Å². The zero-order valence-corrected chi connectivity index (χ0v) is 11.5. The molecule has 20 heavy (non-hydrogen) atoms. The van der Waals surface area contributed by atoms with Crippen molar-refractivity contribution in [2.45, 2.75) is 32.1 Å². The predicted octanol–water partition coefficient (Wildman–Crippen LogP) is 2.87. The van der Waals surface area contributed by atoms with Gasteiger partial charge in [-0.2, -0.15) is 5.26 Å². The molecule has 0 bridgehead atoms. The Bertz CT molecular complexity index is 551. The Morgan fingerprint density at radius 3 is 2.75 bits per heavy atom. The Kier molecular flexibility index (Phi) is 3.04. The minimum atomic E-state index is -0.301. The molecule has 0 radical (unpaired) electrons. The Hall–Kier alpha value is -1.83. The van der Waals surface area contributed by atoms with E-state index >= 15 is 0 Å². The number of pyridine rings is 1. The van der Waals surface area contributed by atoms with Crippen molar-refractivity contribution in [3.63, 3.8) is 0 Å². The quantitative estimate of drug-likeness (QED) is 0.885. The molecule has 4 nitrogen and oxygen atoms in total. The van der Waals surface area contributed by atoms with Crippen molar-refractivity contribution < 1.29 is 4.39 Å². The Balaban J connectivity index is 1.67. The fourth-order valence-electron chi connectivity index (χ4n) is 3.86. The number of halogens is 1. The van der Waals surface area contributed by atoms with Crippen molar-refractivity contribution in [1.82, 2.24) is 4.98 Å². The summed E-state index contributed by atoms with van der Waals surface area (Å²) in [5.74, 6) is 0.218. The van der Waals surface area contributed by atoms with Crippen molar-refractivity contribution in [1.29, 1.82) is 5.26 Å². The number of aromatic nitrogens is 1. The van der Waals surface area contributed by atoms with Crippen LogP contribution in [0.2, 0.25) is 0 Å². The molecule has 1 aromatic heterocycles. The van der Waals surface area contributed by atoms with Crippen LogP contribution >= 0.6 is 0 Å². The van der Waals surface area contributed by atoms with Crippen LogP contribution in [-0.4, -0.2) is 18.2 Å². The summed E-state index contributed by atoms with van der Waals surface area (Å²) in [6.07, 6.45) is 7.28. The molecule has 5 heteroatoms. The van der Waals surface area contributed by atoms with E-state index in [2.05, 4.69) is 10.3 Å². The summed E-state index contributed by atoms with van der Waals surface area (Å²) in [6, 6.07) is 3.77. The first-order chi connectivity index (χ1) is 9.62. The van der Waals surface area contributed by atoms with Gasteiger partial charge in [0.15, 0.2) is 0 Å². The highest BCUT2D eigenvalue weighted by molar-refractivity contribution is 5.66. The van der Waals surface area contributed by atoms with Gasteiger partial charge in [0.2, 0.25) is 0 Å². The number of rotatable bonds is 4. The Morgan fingerprint density at radius 1 is 1.45 bits per heavy atom. The van der Waals surface area contributed by atoms with Crippen molar-refractivity contribution in [2.75, 3.05) is 24.3 Å². The second kappa shape index (κ2) is 4.62. The van der Waals surface area contributed by atoms with E-state index in [1.165, 1.54) is 19.3 Å². The van der Waals surface area contributed by atoms with E-state index in [0.29, 0.717) is 23.2 Å². The molecule has 0 atom stereocenters. The maximum Gasteiger partial charge on any atom is 0.143 e. The number of hydrogen-bond donors (Lipinski definition) is 2. The summed E-state index contributed by atoms with van der Waals surface area (Å²) in [6.45, 7) is 0.258. The minimum absolute atomic E-state index is 0.218. The zero-order chi connectivity index (χ0) is 14.2. The summed E-state index contributed by atoms with van der Waals surface area (Å²) in [7, 11) is 0.